The van der Waals surface area contributed by atoms with Gasteiger partial charge >= 0.3 is 0 Å². The van der Waals surface area contributed by atoms with Gasteiger partial charge in [-0.15, -0.1) is 0 Å². The summed E-state index contributed by atoms with van der Waals surface area (Å²) in [5.41, 5.74) is 6.35. The van der Waals surface area contributed by atoms with Crippen LogP contribution in [0.1, 0.15) is 21.9 Å². The maximum Gasteiger partial charge on any atom is 0.268 e. The maximum absolute atomic E-state index is 12.1. The summed E-state index contributed by atoms with van der Waals surface area (Å²) in [5.74, 6) is 0.00744. The van der Waals surface area contributed by atoms with Gasteiger partial charge in [0.15, 0.2) is 0 Å². The molecule has 2 aromatic heterocycles. The van der Waals surface area contributed by atoms with E-state index in [1.165, 1.54) is 5.56 Å². The summed E-state index contributed by atoms with van der Waals surface area (Å²) in [6.45, 7) is 5.60. The molecule has 5 nitrogen and oxygen atoms in total. The molecule has 3 heterocycles. The molecule has 3 aromatic rings. The van der Waals surface area contributed by atoms with Crippen LogP contribution in [-0.2, 0) is 13.6 Å². The van der Waals surface area contributed by atoms with Crippen molar-refractivity contribution in [1.29, 1.82) is 0 Å². The van der Waals surface area contributed by atoms with Gasteiger partial charge in [-0.25, -0.2) is 0 Å². The minimum Gasteiger partial charge on any atom is -0.349 e. The molecule has 22 heavy (non-hydrogen) atoms. The number of fused-ring (bicyclic) bond motifs is 3. The molecule has 0 atom stereocenters. The number of aromatic nitrogens is 3. The Bertz CT molecular complexity index is 917. The Hall–Kier alpha value is -2.56. The molecule has 1 aliphatic rings. The Kier molecular flexibility index (Phi) is 2.66. The third-order valence-corrected chi connectivity index (χ3v) is 4.55. The second kappa shape index (κ2) is 4.47. The quantitative estimate of drug-likeness (QED) is 0.749. The van der Waals surface area contributed by atoms with Crippen molar-refractivity contribution in [2.75, 3.05) is 6.54 Å². The van der Waals surface area contributed by atoms with Crippen molar-refractivity contribution in [2.45, 2.75) is 20.4 Å². The maximum atomic E-state index is 12.1. The van der Waals surface area contributed by atoms with E-state index in [2.05, 4.69) is 34.0 Å². The number of carbonyl (C=O) groups is 1. The molecular weight excluding hydrogens is 276 g/mol. The first-order valence-corrected chi connectivity index (χ1v) is 7.49. The van der Waals surface area contributed by atoms with Crippen LogP contribution in [0.5, 0.6) is 0 Å². The van der Waals surface area contributed by atoms with Crippen LogP contribution in [-0.4, -0.2) is 26.8 Å². The summed E-state index contributed by atoms with van der Waals surface area (Å²) in [6.07, 6.45) is 0. The highest BCUT2D eigenvalue weighted by molar-refractivity contribution is 6.04. The van der Waals surface area contributed by atoms with Crippen molar-refractivity contribution in [3.05, 3.63) is 41.3 Å². The number of amides is 1. The van der Waals surface area contributed by atoms with Gasteiger partial charge in [-0.05, 0) is 19.9 Å². The first-order chi connectivity index (χ1) is 10.6. The lowest BCUT2D eigenvalue weighted by atomic mass is 10.0. The highest BCUT2D eigenvalue weighted by atomic mass is 16.2. The van der Waals surface area contributed by atoms with Gasteiger partial charge in [0.2, 0.25) is 0 Å². The first kappa shape index (κ1) is 13.1. The molecule has 1 aliphatic heterocycles. The van der Waals surface area contributed by atoms with Crippen LogP contribution in [0.25, 0.3) is 22.0 Å². The topological polar surface area (TPSA) is 51.9 Å². The van der Waals surface area contributed by atoms with Crippen molar-refractivity contribution >= 4 is 16.8 Å². The lowest BCUT2D eigenvalue weighted by Crippen LogP contribution is -2.34. The number of nitrogens with zero attached hydrogens (tertiary/aromatic N) is 3. The molecule has 0 unspecified atom stereocenters. The standard InChI is InChI=1S/C17H18N4O/c1-10-15(11(2)20(3)19-10)13-6-4-5-12-9-14-17(22)18-7-8-21(14)16(12)13/h4-6,9H,7-8H2,1-3H3,(H,18,22). The van der Waals surface area contributed by atoms with Crippen LogP contribution in [0, 0.1) is 13.8 Å². The predicted molar refractivity (Wildman–Crippen MR) is 85.9 cm³/mol. The van der Waals surface area contributed by atoms with E-state index < -0.39 is 0 Å². The molecule has 1 N–H and O–H groups in total. The highest BCUT2D eigenvalue weighted by Crippen LogP contribution is 2.35. The number of aryl methyl sites for hydroxylation is 2. The molecule has 0 saturated heterocycles. The zero-order chi connectivity index (χ0) is 15.4. The van der Waals surface area contributed by atoms with Crippen LogP contribution >= 0.6 is 0 Å². The second-order valence-electron chi connectivity index (χ2n) is 5.85. The van der Waals surface area contributed by atoms with Gasteiger partial charge in [-0.2, -0.15) is 5.10 Å². The monoisotopic (exact) mass is 294 g/mol. The number of hydrogen-bond acceptors (Lipinski definition) is 2. The number of benzene rings is 1. The molecule has 112 valence electrons. The summed E-state index contributed by atoms with van der Waals surface area (Å²) >= 11 is 0. The molecule has 0 fully saturated rings. The SMILES string of the molecule is Cc1nn(C)c(C)c1-c1cccc2cc3n(c12)CCNC3=O. The molecule has 0 saturated carbocycles. The molecule has 4 rings (SSSR count). The predicted octanol–water partition coefficient (Wildman–Crippen LogP) is 2.40. The van der Waals surface area contributed by atoms with Crippen LogP contribution in [0.15, 0.2) is 24.3 Å². The van der Waals surface area contributed by atoms with E-state index in [9.17, 15) is 4.79 Å². The minimum atomic E-state index is 0.00744. The average Bonchev–Trinajstić information content (AvgIpc) is 2.99. The Morgan fingerprint density at radius 1 is 1.27 bits per heavy atom. The Balaban J connectivity index is 2.09. The van der Waals surface area contributed by atoms with Crippen LogP contribution in [0.2, 0.25) is 0 Å². The molecule has 0 aliphatic carbocycles. The minimum absolute atomic E-state index is 0.00744. The van der Waals surface area contributed by atoms with E-state index in [1.54, 1.807) is 0 Å². The molecule has 1 aromatic carbocycles. The number of hydrogen-bond donors (Lipinski definition) is 1. The smallest absolute Gasteiger partial charge is 0.268 e. The van der Waals surface area contributed by atoms with Gasteiger partial charge in [-0.3, -0.25) is 9.48 Å². The largest absolute Gasteiger partial charge is 0.349 e. The van der Waals surface area contributed by atoms with Gasteiger partial charge in [0.05, 0.1) is 11.2 Å². The fourth-order valence-corrected chi connectivity index (χ4v) is 3.48. The van der Waals surface area contributed by atoms with Gasteiger partial charge in [0.1, 0.15) is 5.69 Å². The number of rotatable bonds is 1. The lowest BCUT2D eigenvalue weighted by Gasteiger charge is -2.18. The Labute approximate surface area is 128 Å². The van der Waals surface area contributed by atoms with Crippen molar-refractivity contribution < 1.29 is 4.79 Å². The van der Waals surface area contributed by atoms with E-state index in [0.717, 1.165) is 40.1 Å². The Morgan fingerprint density at radius 2 is 2.09 bits per heavy atom. The van der Waals surface area contributed by atoms with Crippen LogP contribution in [0.4, 0.5) is 0 Å². The summed E-state index contributed by atoms with van der Waals surface area (Å²) in [7, 11) is 1.97. The van der Waals surface area contributed by atoms with E-state index in [4.69, 9.17) is 0 Å². The van der Waals surface area contributed by atoms with Crippen LogP contribution < -0.4 is 5.32 Å². The molecular formula is C17H18N4O. The molecule has 0 radical (unpaired) electrons. The summed E-state index contributed by atoms with van der Waals surface area (Å²) in [5, 5.41) is 8.55. The molecule has 5 heteroatoms. The fraction of sp³-hybridized carbons (Fsp3) is 0.294. The van der Waals surface area contributed by atoms with E-state index in [-0.39, 0.29) is 5.91 Å². The molecule has 0 bridgehead atoms. The van der Waals surface area contributed by atoms with Crippen molar-refractivity contribution in [2.24, 2.45) is 7.05 Å². The number of carbonyl (C=O) groups excluding carboxylic acids is 1. The third kappa shape index (κ3) is 1.65. The molecule has 0 spiro atoms. The van der Waals surface area contributed by atoms with Crippen molar-refractivity contribution in [3.63, 3.8) is 0 Å². The Morgan fingerprint density at radius 3 is 2.82 bits per heavy atom. The second-order valence-corrected chi connectivity index (χ2v) is 5.85. The highest BCUT2D eigenvalue weighted by Gasteiger charge is 2.23. The summed E-state index contributed by atoms with van der Waals surface area (Å²) in [4.78, 5) is 12.1. The lowest BCUT2D eigenvalue weighted by molar-refractivity contribution is 0.0929. The van der Waals surface area contributed by atoms with Crippen LogP contribution in [0.3, 0.4) is 0 Å². The normalized spacial score (nSPS) is 14.2. The molecule has 1 amide bonds. The zero-order valence-corrected chi connectivity index (χ0v) is 13.0. The fourth-order valence-electron chi connectivity index (χ4n) is 3.48. The number of nitrogens with one attached hydrogen (secondary N) is 1. The summed E-state index contributed by atoms with van der Waals surface area (Å²) in [6, 6.07) is 8.22. The van der Waals surface area contributed by atoms with E-state index >= 15 is 0 Å². The number of para-hydroxylation sites is 1. The third-order valence-electron chi connectivity index (χ3n) is 4.55. The first-order valence-electron chi connectivity index (χ1n) is 7.49. The van der Waals surface area contributed by atoms with Crippen molar-refractivity contribution in [3.8, 4) is 11.1 Å². The summed E-state index contributed by atoms with van der Waals surface area (Å²) < 4.78 is 4.05. The van der Waals surface area contributed by atoms with Gasteiger partial charge < -0.3 is 9.88 Å². The average molecular weight is 294 g/mol. The van der Waals surface area contributed by atoms with Gasteiger partial charge in [0.25, 0.3) is 5.91 Å². The van der Waals surface area contributed by atoms with Gasteiger partial charge in [0, 0.05) is 42.3 Å². The zero-order valence-electron chi connectivity index (χ0n) is 13.0. The van der Waals surface area contributed by atoms with E-state index in [0.29, 0.717) is 6.54 Å². The van der Waals surface area contributed by atoms with E-state index in [1.807, 2.05) is 30.8 Å². The van der Waals surface area contributed by atoms with Crippen molar-refractivity contribution in [1.82, 2.24) is 19.7 Å². The van der Waals surface area contributed by atoms with Gasteiger partial charge in [-0.1, -0.05) is 18.2 Å².